The van der Waals surface area contributed by atoms with Crippen molar-refractivity contribution in [1.82, 2.24) is 16.0 Å². The number of halogens is 1. The van der Waals surface area contributed by atoms with E-state index in [0.717, 1.165) is 5.56 Å². The number of hydrogen-bond donors (Lipinski definition) is 4. The summed E-state index contributed by atoms with van der Waals surface area (Å²) < 4.78 is 5.63. The second-order valence-electron chi connectivity index (χ2n) is 5.47. The Hall–Kier alpha value is -2.67. The van der Waals surface area contributed by atoms with Gasteiger partial charge in [-0.05, 0) is 31.5 Å². The van der Waals surface area contributed by atoms with Crippen LogP contribution in [0, 0.1) is 6.92 Å². The van der Waals surface area contributed by atoms with E-state index >= 15 is 0 Å². The van der Waals surface area contributed by atoms with Crippen molar-refractivity contribution in [3.8, 4) is 5.75 Å². The molecule has 7 nitrogen and oxygen atoms in total. The van der Waals surface area contributed by atoms with Crippen LogP contribution in [0.4, 0.5) is 4.79 Å². The molecule has 0 saturated heterocycles. The molecule has 24 heavy (non-hydrogen) atoms. The van der Waals surface area contributed by atoms with Crippen molar-refractivity contribution in [1.29, 1.82) is 0 Å². The molecule has 8 heteroatoms. The monoisotopic (exact) mass is 350 g/mol. The number of nitrogens with two attached hydrogens (primary N) is 1. The third-order valence-corrected chi connectivity index (χ3v) is 3.59. The number of carbonyl (C=O) groups excluding carboxylic acids is 2. The first-order valence-electron chi connectivity index (χ1n) is 7.24. The van der Waals surface area contributed by atoms with Gasteiger partial charge >= 0.3 is 6.03 Å². The van der Waals surface area contributed by atoms with Crippen LogP contribution in [0.1, 0.15) is 12.5 Å². The van der Waals surface area contributed by atoms with Crippen LogP contribution < -0.4 is 26.4 Å². The van der Waals surface area contributed by atoms with Gasteiger partial charge in [0, 0.05) is 0 Å². The van der Waals surface area contributed by atoms with Crippen molar-refractivity contribution in [3.63, 3.8) is 0 Å². The van der Waals surface area contributed by atoms with Crippen LogP contribution in [0.5, 0.6) is 5.75 Å². The summed E-state index contributed by atoms with van der Waals surface area (Å²) in [5.41, 5.74) is 7.00. The molecule has 1 aromatic carbocycles. The maximum absolute atomic E-state index is 12.2. The summed E-state index contributed by atoms with van der Waals surface area (Å²) in [6, 6.07) is 4.54. The molecule has 1 aliphatic heterocycles. The molecule has 1 aromatic rings. The standard InChI is InChI=1S/C16H19ClN4O3/c1-8-4-5-11(17)12(6-8)24-7-9(2)19-15(22)14-13(18)10(3)20-16(23)21-14/h4-6,9H,3,7,18H2,1-2H3,(H,19,22)(H2,20,21,23)/t9-/m1/s1. The lowest BCUT2D eigenvalue weighted by atomic mass is 10.2. The minimum atomic E-state index is -0.560. The summed E-state index contributed by atoms with van der Waals surface area (Å²) in [5.74, 6) is 0.0231. The summed E-state index contributed by atoms with van der Waals surface area (Å²) in [7, 11) is 0. The number of benzene rings is 1. The zero-order valence-corrected chi connectivity index (χ0v) is 14.2. The van der Waals surface area contributed by atoms with Crippen LogP contribution in [-0.4, -0.2) is 24.6 Å². The predicted octanol–water partition coefficient (Wildman–Crippen LogP) is 1.53. The molecule has 128 valence electrons. The van der Waals surface area contributed by atoms with Gasteiger partial charge in [0.2, 0.25) is 0 Å². The van der Waals surface area contributed by atoms with Crippen molar-refractivity contribution in [2.75, 3.05) is 6.61 Å². The topological polar surface area (TPSA) is 105 Å². The zero-order valence-electron chi connectivity index (χ0n) is 13.4. The van der Waals surface area contributed by atoms with Gasteiger partial charge in [-0.1, -0.05) is 24.2 Å². The minimum absolute atomic E-state index is 0.0378. The molecule has 0 saturated carbocycles. The highest BCUT2D eigenvalue weighted by Gasteiger charge is 2.24. The molecular weight excluding hydrogens is 332 g/mol. The molecule has 0 spiro atoms. The van der Waals surface area contributed by atoms with Crippen molar-refractivity contribution >= 4 is 23.5 Å². The predicted molar refractivity (Wildman–Crippen MR) is 91.3 cm³/mol. The summed E-state index contributed by atoms with van der Waals surface area (Å²) >= 11 is 6.06. The molecule has 0 unspecified atom stereocenters. The second-order valence-corrected chi connectivity index (χ2v) is 5.87. The van der Waals surface area contributed by atoms with Gasteiger partial charge in [-0.3, -0.25) is 4.79 Å². The summed E-state index contributed by atoms with van der Waals surface area (Å²) in [5, 5.41) is 7.93. The van der Waals surface area contributed by atoms with Gasteiger partial charge in [0.15, 0.2) is 0 Å². The van der Waals surface area contributed by atoms with Crippen LogP contribution in [0.3, 0.4) is 0 Å². The van der Waals surface area contributed by atoms with E-state index in [1.807, 2.05) is 19.1 Å². The molecule has 2 rings (SSSR count). The van der Waals surface area contributed by atoms with Crippen molar-refractivity contribution < 1.29 is 14.3 Å². The van der Waals surface area contributed by atoms with Gasteiger partial charge in [-0.25, -0.2) is 4.79 Å². The Kier molecular flexibility index (Phi) is 5.35. The summed E-state index contributed by atoms with van der Waals surface area (Å²) in [4.78, 5) is 23.6. The average Bonchev–Trinajstić information content (AvgIpc) is 2.51. The Labute approximate surface area is 144 Å². The van der Waals surface area contributed by atoms with Gasteiger partial charge in [0.05, 0.1) is 22.5 Å². The van der Waals surface area contributed by atoms with E-state index in [1.165, 1.54) is 0 Å². The highest BCUT2D eigenvalue weighted by Crippen LogP contribution is 2.25. The lowest BCUT2D eigenvalue weighted by molar-refractivity contribution is -0.118. The molecule has 0 fully saturated rings. The van der Waals surface area contributed by atoms with Crippen LogP contribution in [0.15, 0.2) is 41.9 Å². The molecule has 1 aliphatic rings. The average molecular weight is 351 g/mol. The molecule has 0 aromatic heterocycles. The van der Waals surface area contributed by atoms with Crippen molar-refractivity contribution in [3.05, 3.63) is 52.5 Å². The van der Waals surface area contributed by atoms with Crippen LogP contribution >= 0.6 is 11.6 Å². The van der Waals surface area contributed by atoms with Crippen molar-refractivity contribution in [2.45, 2.75) is 19.9 Å². The molecule has 0 aliphatic carbocycles. The van der Waals surface area contributed by atoms with Crippen LogP contribution in [0.2, 0.25) is 5.02 Å². The SMILES string of the molecule is C=C1NC(=O)NC(C(=O)N[C@H](C)COc2cc(C)ccc2Cl)=C1N. The number of hydrogen-bond acceptors (Lipinski definition) is 4. The van der Waals surface area contributed by atoms with Crippen LogP contribution in [0.25, 0.3) is 0 Å². The summed E-state index contributed by atoms with van der Waals surface area (Å²) in [6.45, 7) is 7.47. The number of urea groups is 1. The molecule has 0 radical (unpaired) electrons. The fourth-order valence-electron chi connectivity index (χ4n) is 2.02. The minimum Gasteiger partial charge on any atom is -0.490 e. The second kappa shape index (κ2) is 7.27. The number of amides is 3. The zero-order chi connectivity index (χ0) is 17.9. The number of rotatable bonds is 5. The van der Waals surface area contributed by atoms with Gasteiger partial charge in [0.25, 0.3) is 5.91 Å². The van der Waals surface area contributed by atoms with Gasteiger partial charge in [-0.2, -0.15) is 0 Å². The molecule has 5 N–H and O–H groups in total. The third-order valence-electron chi connectivity index (χ3n) is 3.28. The lowest BCUT2D eigenvalue weighted by Crippen LogP contribution is -2.49. The largest absolute Gasteiger partial charge is 0.490 e. The number of nitrogens with one attached hydrogen (secondary N) is 3. The fraction of sp³-hybridized carbons (Fsp3) is 0.250. The Morgan fingerprint density at radius 2 is 2.17 bits per heavy atom. The van der Waals surface area contributed by atoms with E-state index in [9.17, 15) is 9.59 Å². The smallest absolute Gasteiger partial charge is 0.323 e. The van der Waals surface area contributed by atoms with Gasteiger partial charge in [-0.15, -0.1) is 0 Å². The molecule has 0 bridgehead atoms. The number of ether oxygens (including phenoxy) is 1. The molecule has 1 heterocycles. The van der Waals surface area contributed by atoms with E-state index in [4.69, 9.17) is 22.1 Å². The van der Waals surface area contributed by atoms with E-state index in [-0.39, 0.29) is 29.7 Å². The molecule has 3 amide bonds. The van der Waals surface area contributed by atoms with Crippen LogP contribution in [-0.2, 0) is 4.79 Å². The van der Waals surface area contributed by atoms with Gasteiger partial charge in [0.1, 0.15) is 18.1 Å². The fourth-order valence-corrected chi connectivity index (χ4v) is 2.19. The lowest BCUT2D eigenvalue weighted by Gasteiger charge is -2.22. The Morgan fingerprint density at radius 3 is 2.88 bits per heavy atom. The number of carbonyl (C=O) groups is 2. The first-order valence-corrected chi connectivity index (χ1v) is 7.62. The Morgan fingerprint density at radius 1 is 1.46 bits per heavy atom. The van der Waals surface area contributed by atoms with E-state index < -0.39 is 11.9 Å². The molecular formula is C16H19ClN4O3. The molecule has 1 atom stereocenters. The Balaban J connectivity index is 1.97. The van der Waals surface area contributed by atoms with E-state index in [1.54, 1.807) is 13.0 Å². The number of aryl methyl sites for hydroxylation is 1. The first-order chi connectivity index (χ1) is 11.3. The normalized spacial score (nSPS) is 15.5. The van der Waals surface area contributed by atoms with Crippen molar-refractivity contribution in [2.24, 2.45) is 5.73 Å². The third kappa shape index (κ3) is 4.20. The maximum Gasteiger partial charge on any atom is 0.323 e. The van der Waals surface area contributed by atoms with E-state index in [2.05, 4.69) is 22.5 Å². The van der Waals surface area contributed by atoms with Gasteiger partial charge < -0.3 is 26.4 Å². The quantitative estimate of drug-likeness (QED) is 0.646. The van der Waals surface area contributed by atoms with E-state index in [0.29, 0.717) is 10.8 Å². The highest BCUT2D eigenvalue weighted by atomic mass is 35.5. The Bertz CT molecular complexity index is 730. The summed E-state index contributed by atoms with van der Waals surface area (Å²) in [6.07, 6.45) is 0. The highest BCUT2D eigenvalue weighted by molar-refractivity contribution is 6.32. The maximum atomic E-state index is 12.2. The first kappa shape index (κ1) is 17.7.